The molecule has 0 aliphatic heterocycles. The minimum absolute atomic E-state index is 0.615. The zero-order chi connectivity index (χ0) is 16.5. The standard InChI is InChI=1S/C21H25N3/c1-24(12-11-17-13-16-5-2-3-8-21(16)23-17)18-9-10-19-15(14-18)6-4-7-20(19)22/h2-8,13,18,23H,9-12,14,22H2,1H3. The fraction of sp³-hybridized carbons (Fsp3) is 0.333. The molecule has 3 heteroatoms. The molecule has 1 unspecified atom stereocenters. The first-order valence-corrected chi connectivity index (χ1v) is 8.84. The number of hydrogen-bond acceptors (Lipinski definition) is 2. The van der Waals surface area contributed by atoms with Gasteiger partial charge in [-0.3, -0.25) is 0 Å². The Bertz CT molecular complexity index is 816. The average Bonchev–Trinajstić information content (AvgIpc) is 3.02. The number of likely N-dealkylation sites (N-methyl/N-ethyl adjacent to an activating group) is 1. The number of hydrogen-bond donors (Lipinski definition) is 2. The van der Waals surface area contributed by atoms with E-state index >= 15 is 0 Å². The van der Waals surface area contributed by atoms with Crippen LogP contribution in [0, 0.1) is 0 Å². The van der Waals surface area contributed by atoms with Crippen LogP contribution in [0.4, 0.5) is 5.69 Å². The number of nitrogens with zero attached hydrogens (tertiary/aromatic N) is 1. The van der Waals surface area contributed by atoms with Crippen molar-refractivity contribution in [1.29, 1.82) is 0 Å². The molecule has 3 aromatic rings. The summed E-state index contributed by atoms with van der Waals surface area (Å²) in [6, 6.07) is 17.7. The van der Waals surface area contributed by atoms with E-state index in [-0.39, 0.29) is 0 Å². The maximum Gasteiger partial charge on any atom is 0.0456 e. The number of nitrogens with one attached hydrogen (secondary N) is 1. The summed E-state index contributed by atoms with van der Waals surface area (Å²) >= 11 is 0. The molecule has 0 amide bonds. The Hall–Kier alpha value is -2.26. The van der Waals surface area contributed by atoms with Gasteiger partial charge in [0.25, 0.3) is 0 Å². The third-order valence-electron chi connectivity index (χ3n) is 5.44. The second kappa shape index (κ2) is 6.33. The highest BCUT2D eigenvalue weighted by atomic mass is 15.1. The SMILES string of the molecule is CN(CCc1cc2ccccc2[nH]1)C1CCc2c(N)cccc2C1. The molecule has 1 aliphatic rings. The van der Waals surface area contributed by atoms with E-state index in [9.17, 15) is 0 Å². The van der Waals surface area contributed by atoms with Crippen LogP contribution in [-0.4, -0.2) is 29.5 Å². The Morgan fingerprint density at radius 2 is 2.04 bits per heavy atom. The van der Waals surface area contributed by atoms with Crippen molar-refractivity contribution in [2.45, 2.75) is 31.7 Å². The zero-order valence-electron chi connectivity index (χ0n) is 14.3. The average molecular weight is 319 g/mol. The van der Waals surface area contributed by atoms with Gasteiger partial charge in [-0.15, -0.1) is 0 Å². The highest BCUT2D eigenvalue weighted by molar-refractivity contribution is 5.80. The molecule has 124 valence electrons. The molecule has 1 heterocycles. The van der Waals surface area contributed by atoms with Gasteiger partial charge in [0.05, 0.1) is 0 Å². The van der Waals surface area contributed by atoms with Gasteiger partial charge in [-0.05, 0) is 61.0 Å². The topological polar surface area (TPSA) is 45.0 Å². The van der Waals surface area contributed by atoms with Crippen molar-refractivity contribution in [2.75, 3.05) is 19.3 Å². The van der Waals surface area contributed by atoms with Crippen molar-refractivity contribution < 1.29 is 0 Å². The molecular weight excluding hydrogens is 294 g/mol. The Morgan fingerprint density at radius 3 is 2.92 bits per heavy atom. The highest BCUT2D eigenvalue weighted by Gasteiger charge is 2.23. The number of nitrogen functional groups attached to an aromatic ring is 1. The number of fused-ring (bicyclic) bond motifs is 2. The molecule has 0 saturated carbocycles. The number of nitrogens with two attached hydrogens (primary N) is 1. The molecule has 2 aromatic carbocycles. The van der Waals surface area contributed by atoms with Gasteiger partial charge in [0.15, 0.2) is 0 Å². The van der Waals surface area contributed by atoms with Crippen molar-refractivity contribution in [3.05, 3.63) is 65.4 Å². The van der Waals surface area contributed by atoms with Crippen molar-refractivity contribution in [2.24, 2.45) is 0 Å². The number of para-hydroxylation sites is 1. The second-order valence-corrected chi connectivity index (χ2v) is 6.99. The van der Waals surface area contributed by atoms with Crippen LogP contribution < -0.4 is 5.73 Å². The Morgan fingerprint density at radius 1 is 1.17 bits per heavy atom. The first kappa shape index (κ1) is 15.3. The Balaban J connectivity index is 1.40. The van der Waals surface area contributed by atoms with Crippen LogP contribution in [0.3, 0.4) is 0 Å². The van der Waals surface area contributed by atoms with Crippen LogP contribution in [0.5, 0.6) is 0 Å². The Labute approximate surface area is 143 Å². The number of anilines is 1. The molecule has 4 rings (SSSR count). The number of rotatable bonds is 4. The van der Waals surface area contributed by atoms with E-state index in [0.717, 1.165) is 31.5 Å². The maximum atomic E-state index is 6.12. The first-order valence-electron chi connectivity index (χ1n) is 8.84. The number of benzene rings is 2. The molecule has 0 spiro atoms. The van der Waals surface area contributed by atoms with Crippen LogP contribution in [0.2, 0.25) is 0 Å². The van der Waals surface area contributed by atoms with Crippen LogP contribution >= 0.6 is 0 Å². The molecule has 0 radical (unpaired) electrons. The quantitative estimate of drug-likeness (QED) is 0.719. The summed E-state index contributed by atoms with van der Waals surface area (Å²) in [6.45, 7) is 1.08. The van der Waals surface area contributed by atoms with E-state index in [0.29, 0.717) is 6.04 Å². The van der Waals surface area contributed by atoms with Crippen molar-refractivity contribution in [3.8, 4) is 0 Å². The summed E-state index contributed by atoms with van der Waals surface area (Å²) in [6.07, 6.45) is 4.48. The summed E-state index contributed by atoms with van der Waals surface area (Å²) in [5.74, 6) is 0. The van der Waals surface area contributed by atoms with Crippen LogP contribution in [0.15, 0.2) is 48.5 Å². The van der Waals surface area contributed by atoms with Gasteiger partial charge in [-0.25, -0.2) is 0 Å². The zero-order valence-corrected chi connectivity index (χ0v) is 14.3. The summed E-state index contributed by atoms with van der Waals surface area (Å²) in [5, 5.41) is 1.30. The number of aromatic amines is 1. The lowest BCUT2D eigenvalue weighted by Gasteiger charge is -2.33. The second-order valence-electron chi connectivity index (χ2n) is 6.99. The van der Waals surface area contributed by atoms with Gasteiger partial charge in [-0.2, -0.15) is 0 Å². The number of aromatic nitrogens is 1. The molecule has 1 aliphatic carbocycles. The third kappa shape index (κ3) is 2.92. The van der Waals surface area contributed by atoms with Crippen LogP contribution in [0.1, 0.15) is 23.2 Å². The molecule has 3 N–H and O–H groups in total. The Kier molecular flexibility index (Phi) is 4.03. The van der Waals surface area contributed by atoms with Gasteiger partial charge in [0.2, 0.25) is 0 Å². The molecule has 1 aromatic heterocycles. The maximum absolute atomic E-state index is 6.12. The fourth-order valence-electron chi connectivity index (χ4n) is 3.94. The van der Waals surface area contributed by atoms with Gasteiger partial charge >= 0.3 is 0 Å². The normalized spacial score (nSPS) is 17.3. The van der Waals surface area contributed by atoms with Crippen molar-refractivity contribution >= 4 is 16.6 Å². The highest BCUT2D eigenvalue weighted by Crippen LogP contribution is 2.28. The lowest BCUT2D eigenvalue weighted by Crippen LogP contribution is -2.37. The van der Waals surface area contributed by atoms with E-state index in [1.165, 1.54) is 34.1 Å². The molecule has 0 saturated heterocycles. The predicted molar refractivity (Wildman–Crippen MR) is 101 cm³/mol. The smallest absolute Gasteiger partial charge is 0.0456 e. The van der Waals surface area contributed by atoms with Crippen LogP contribution in [0.25, 0.3) is 10.9 Å². The van der Waals surface area contributed by atoms with E-state index in [1.54, 1.807) is 0 Å². The molecule has 1 atom stereocenters. The largest absolute Gasteiger partial charge is 0.398 e. The van der Waals surface area contributed by atoms with E-state index in [1.807, 2.05) is 6.07 Å². The minimum Gasteiger partial charge on any atom is -0.398 e. The summed E-state index contributed by atoms with van der Waals surface area (Å²) < 4.78 is 0. The van der Waals surface area contributed by atoms with E-state index in [4.69, 9.17) is 5.73 Å². The molecule has 0 bridgehead atoms. The third-order valence-corrected chi connectivity index (χ3v) is 5.44. The molecule has 0 fully saturated rings. The monoisotopic (exact) mass is 319 g/mol. The molecule has 3 nitrogen and oxygen atoms in total. The lowest BCUT2D eigenvalue weighted by molar-refractivity contribution is 0.224. The summed E-state index contributed by atoms with van der Waals surface area (Å²) in [4.78, 5) is 6.05. The minimum atomic E-state index is 0.615. The molecular formula is C21H25N3. The fourth-order valence-corrected chi connectivity index (χ4v) is 3.94. The predicted octanol–water partition coefficient (Wildman–Crippen LogP) is 3.78. The lowest BCUT2D eigenvalue weighted by atomic mass is 9.86. The van der Waals surface area contributed by atoms with Gasteiger partial charge in [0.1, 0.15) is 0 Å². The number of H-pyrrole nitrogens is 1. The first-order chi connectivity index (χ1) is 11.7. The van der Waals surface area contributed by atoms with Crippen LogP contribution in [-0.2, 0) is 19.3 Å². The van der Waals surface area contributed by atoms with Gasteiger partial charge < -0.3 is 15.6 Å². The van der Waals surface area contributed by atoms with Crippen molar-refractivity contribution in [3.63, 3.8) is 0 Å². The van der Waals surface area contributed by atoms with E-state index in [2.05, 4.69) is 59.4 Å². The summed E-state index contributed by atoms with van der Waals surface area (Å²) in [5.41, 5.74) is 12.4. The van der Waals surface area contributed by atoms with Gasteiger partial charge in [-0.1, -0.05) is 30.3 Å². The van der Waals surface area contributed by atoms with Gasteiger partial charge in [0, 0.05) is 35.9 Å². The summed E-state index contributed by atoms with van der Waals surface area (Å²) in [7, 11) is 2.25. The van der Waals surface area contributed by atoms with E-state index < -0.39 is 0 Å². The van der Waals surface area contributed by atoms with Crippen molar-refractivity contribution in [1.82, 2.24) is 9.88 Å². The molecule has 24 heavy (non-hydrogen) atoms.